The van der Waals surface area contributed by atoms with E-state index < -0.39 is 5.54 Å². The summed E-state index contributed by atoms with van der Waals surface area (Å²) in [5.41, 5.74) is 4.73. The molecule has 0 saturated heterocycles. The van der Waals surface area contributed by atoms with Crippen LogP contribution in [0.2, 0.25) is 0 Å². The molecule has 0 heterocycles. The Morgan fingerprint density at radius 1 is 1.24 bits per heavy atom. The summed E-state index contributed by atoms with van der Waals surface area (Å²) in [6.45, 7) is 5.56. The monoisotopic (exact) mass is 244 g/mol. The summed E-state index contributed by atoms with van der Waals surface area (Å²) >= 11 is 0. The SMILES string of the molecule is CCCCCCOCCCC(C)(NC)C(N)=O. The molecular formula is C13H28N2O2. The first-order chi connectivity index (χ1) is 8.06. The fraction of sp³-hybridized carbons (Fsp3) is 0.923. The average molecular weight is 244 g/mol. The van der Waals surface area contributed by atoms with E-state index in [4.69, 9.17) is 10.5 Å². The van der Waals surface area contributed by atoms with Crippen LogP contribution in [-0.2, 0) is 9.53 Å². The minimum Gasteiger partial charge on any atom is -0.381 e. The molecule has 0 aliphatic heterocycles. The van der Waals surface area contributed by atoms with Crippen LogP contribution < -0.4 is 11.1 Å². The Morgan fingerprint density at radius 2 is 1.88 bits per heavy atom. The van der Waals surface area contributed by atoms with Crippen LogP contribution >= 0.6 is 0 Å². The number of likely N-dealkylation sites (N-methyl/N-ethyl adjacent to an activating group) is 1. The Balaban J connectivity index is 3.47. The molecule has 0 aliphatic rings. The van der Waals surface area contributed by atoms with Crippen LogP contribution in [0.5, 0.6) is 0 Å². The van der Waals surface area contributed by atoms with Crippen LogP contribution in [-0.4, -0.2) is 31.7 Å². The summed E-state index contributed by atoms with van der Waals surface area (Å²) in [7, 11) is 1.76. The molecule has 1 amide bonds. The number of primary amides is 1. The van der Waals surface area contributed by atoms with Crippen LogP contribution in [0, 0.1) is 0 Å². The van der Waals surface area contributed by atoms with Crippen molar-refractivity contribution in [3.63, 3.8) is 0 Å². The molecule has 0 bridgehead atoms. The first-order valence-electron chi connectivity index (χ1n) is 6.63. The predicted molar refractivity (Wildman–Crippen MR) is 70.9 cm³/mol. The quantitative estimate of drug-likeness (QED) is 0.545. The smallest absolute Gasteiger partial charge is 0.237 e. The van der Waals surface area contributed by atoms with E-state index >= 15 is 0 Å². The Labute approximate surface area is 105 Å². The second-order valence-corrected chi connectivity index (χ2v) is 4.72. The Kier molecular flexibility index (Phi) is 9.09. The van der Waals surface area contributed by atoms with Gasteiger partial charge in [0.25, 0.3) is 0 Å². The van der Waals surface area contributed by atoms with Crippen LogP contribution in [0.15, 0.2) is 0 Å². The Morgan fingerprint density at radius 3 is 2.41 bits per heavy atom. The number of unbranched alkanes of at least 4 members (excludes halogenated alkanes) is 3. The predicted octanol–water partition coefficient (Wildman–Crippen LogP) is 1.83. The van der Waals surface area contributed by atoms with Gasteiger partial charge in [-0.05, 0) is 33.2 Å². The number of carbonyl (C=O) groups excluding carboxylic acids is 1. The minimum absolute atomic E-state index is 0.303. The second kappa shape index (κ2) is 9.42. The van der Waals surface area contributed by atoms with E-state index in [0.717, 1.165) is 19.4 Å². The zero-order valence-corrected chi connectivity index (χ0v) is 11.6. The molecular weight excluding hydrogens is 216 g/mol. The maximum absolute atomic E-state index is 11.2. The molecule has 0 saturated carbocycles. The number of hydrogen-bond acceptors (Lipinski definition) is 3. The largest absolute Gasteiger partial charge is 0.381 e. The van der Waals surface area contributed by atoms with Crippen molar-refractivity contribution in [2.75, 3.05) is 20.3 Å². The van der Waals surface area contributed by atoms with Gasteiger partial charge in [0.2, 0.25) is 5.91 Å². The van der Waals surface area contributed by atoms with Crippen LogP contribution in [0.1, 0.15) is 52.4 Å². The average Bonchev–Trinajstić information content (AvgIpc) is 2.32. The van der Waals surface area contributed by atoms with Gasteiger partial charge in [0.15, 0.2) is 0 Å². The van der Waals surface area contributed by atoms with Gasteiger partial charge in [-0.1, -0.05) is 26.2 Å². The fourth-order valence-electron chi connectivity index (χ4n) is 1.63. The molecule has 0 radical (unpaired) electrons. The molecule has 0 aromatic heterocycles. The normalized spacial score (nSPS) is 14.5. The lowest BCUT2D eigenvalue weighted by molar-refractivity contribution is -0.124. The molecule has 0 aliphatic carbocycles. The molecule has 1 atom stereocenters. The van der Waals surface area contributed by atoms with Crippen molar-refractivity contribution in [1.82, 2.24) is 5.32 Å². The van der Waals surface area contributed by atoms with E-state index in [1.54, 1.807) is 7.05 Å². The van der Waals surface area contributed by atoms with Gasteiger partial charge in [0.1, 0.15) is 0 Å². The Bertz CT molecular complexity index is 210. The van der Waals surface area contributed by atoms with E-state index in [9.17, 15) is 4.79 Å². The molecule has 1 unspecified atom stereocenters. The lowest BCUT2D eigenvalue weighted by Crippen LogP contribution is -2.51. The van der Waals surface area contributed by atoms with Crippen LogP contribution in [0.25, 0.3) is 0 Å². The van der Waals surface area contributed by atoms with Gasteiger partial charge in [-0.2, -0.15) is 0 Å². The number of ether oxygens (including phenoxy) is 1. The molecule has 0 rings (SSSR count). The highest BCUT2D eigenvalue weighted by Crippen LogP contribution is 2.11. The van der Waals surface area contributed by atoms with E-state index in [2.05, 4.69) is 12.2 Å². The van der Waals surface area contributed by atoms with Crippen molar-refractivity contribution in [2.24, 2.45) is 5.73 Å². The summed E-state index contributed by atoms with van der Waals surface area (Å²) in [6.07, 6.45) is 6.48. The maximum Gasteiger partial charge on any atom is 0.237 e. The maximum atomic E-state index is 11.2. The molecule has 0 spiro atoms. The van der Waals surface area contributed by atoms with E-state index in [0.29, 0.717) is 13.0 Å². The van der Waals surface area contributed by atoms with Crippen molar-refractivity contribution in [3.8, 4) is 0 Å². The van der Waals surface area contributed by atoms with Gasteiger partial charge >= 0.3 is 0 Å². The fourth-order valence-corrected chi connectivity index (χ4v) is 1.63. The van der Waals surface area contributed by atoms with Gasteiger partial charge in [-0.3, -0.25) is 4.79 Å². The number of carbonyl (C=O) groups is 1. The Hall–Kier alpha value is -0.610. The number of nitrogens with one attached hydrogen (secondary N) is 1. The molecule has 3 N–H and O–H groups in total. The van der Waals surface area contributed by atoms with Crippen LogP contribution in [0.3, 0.4) is 0 Å². The molecule has 17 heavy (non-hydrogen) atoms. The van der Waals surface area contributed by atoms with E-state index in [1.165, 1.54) is 19.3 Å². The van der Waals surface area contributed by atoms with Gasteiger partial charge in [0, 0.05) is 13.2 Å². The summed E-state index contributed by atoms with van der Waals surface area (Å²) in [5, 5.41) is 2.97. The zero-order chi connectivity index (χ0) is 13.1. The topological polar surface area (TPSA) is 64.3 Å². The minimum atomic E-state index is -0.606. The van der Waals surface area contributed by atoms with Gasteiger partial charge in [-0.25, -0.2) is 0 Å². The van der Waals surface area contributed by atoms with Crippen molar-refractivity contribution in [2.45, 2.75) is 57.9 Å². The molecule has 0 aromatic carbocycles. The lowest BCUT2D eigenvalue weighted by atomic mass is 9.95. The van der Waals surface area contributed by atoms with Gasteiger partial charge < -0.3 is 15.8 Å². The molecule has 0 fully saturated rings. The molecule has 0 aromatic rings. The summed E-state index contributed by atoms with van der Waals surface area (Å²) in [4.78, 5) is 11.2. The lowest BCUT2D eigenvalue weighted by Gasteiger charge is -2.25. The van der Waals surface area contributed by atoms with Crippen molar-refractivity contribution in [1.29, 1.82) is 0 Å². The van der Waals surface area contributed by atoms with E-state index in [-0.39, 0.29) is 5.91 Å². The van der Waals surface area contributed by atoms with Crippen molar-refractivity contribution >= 4 is 5.91 Å². The third-order valence-electron chi connectivity index (χ3n) is 3.20. The summed E-state index contributed by atoms with van der Waals surface area (Å²) in [6, 6.07) is 0. The number of hydrogen-bond donors (Lipinski definition) is 2. The van der Waals surface area contributed by atoms with Gasteiger partial charge in [0.05, 0.1) is 5.54 Å². The number of rotatable bonds is 11. The standard InChI is InChI=1S/C13H28N2O2/c1-4-5-6-7-10-17-11-8-9-13(2,15-3)12(14)16/h15H,4-11H2,1-3H3,(H2,14,16). The molecule has 4 nitrogen and oxygen atoms in total. The first-order valence-corrected chi connectivity index (χ1v) is 6.63. The molecule has 102 valence electrons. The number of nitrogens with two attached hydrogens (primary N) is 1. The highest BCUT2D eigenvalue weighted by atomic mass is 16.5. The van der Waals surface area contributed by atoms with Crippen molar-refractivity contribution < 1.29 is 9.53 Å². The van der Waals surface area contributed by atoms with Gasteiger partial charge in [-0.15, -0.1) is 0 Å². The first kappa shape index (κ1) is 16.4. The summed E-state index contributed by atoms with van der Waals surface area (Å²) < 4.78 is 5.52. The summed E-state index contributed by atoms with van der Waals surface area (Å²) in [5.74, 6) is -0.303. The van der Waals surface area contributed by atoms with Crippen LogP contribution in [0.4, 0.5) is 0 Å². The second-order valence-electron chi connectivity index (χ2n) is 4.72. The van der Waals surface area contributed by atoms with Crippen molar-refractivity contribution in [3.05, 3.63) is 0 Å². The highest BCUT2D eigenvalue weighted by Gasteiger charge is 2.27. The highest BCUT2D eigenvalue weighted by molar-refractivity contribution is 5.84. The third kappa shape index (κ3) is 7.34. The number of amides is 1. The molecule has 4 heteroatoms. The third-order valence-corrected chi connectivity index (χ3v) is 3.20. The van der Waals surface area contributed by atoms with E-state index in [1.807, 2.05) is 6.92 Å². The zero-order valence-electron chi connectivity index (χ0n) is 11.6.